The van der Waals surface area contributed by atoms with E-state index in [4.69, 9.17) is 4.74 Å². The molecule has 6 nitrogen and oxygen atoms in total. The fourth-order valence-electron chi connectivity index (χ4n) is 2.78. The Morgan fingerprint density at radius 1 is 1.38 bits per heavy atom. The minimum Gasteiger partial charge on any atom is -0.481 e. The number of carbonyl (C=O) groups excluding carboxylic acids is 1. The van der Waals surface area contributed by atoms with Crippen LogP contribution in [0.5, 0.6) is 0 Å². The highest BCUT2D eigenvalue weighted by atomic mass is 16.5. The smallest absolute Gasteiger partial charge is 0.317 e. The van der Waals surface area contributed by atoms with Crippen LogP contribution < -0.4 is 5.32 Å². The Bertz CT molecular complexity index is 382. The van der Waals surface area contributed by atoms with E-state index in [1.807, 2.05) is 20.8 Å². The van der Waals surface area contributed by atoms with Gasteiger partial charge in [0.2, 0.25) is 0 Å². The van der Waals surface area contributed by atoms with Crippen LogP contribution in [0.1, 0.15) is 46.5 Å². The minimum atomic E-state index is -0.879. The third-order valence-corrected chi connectivity index (χ3v) is 4.82. The Morgan fingerprint density at radius 2 is 2.00 bits per heavy atom. The summed E-state index contributed by atoms with van der Waals surface area (Å²) < 4.78 is 5.47. The molecule has 21 heavy (non-hydrogen) atoms. The van der Waals surface area contributed by atoms with E-state index in [1.165, 1.54) is 0 Å². The number of aliphatic carboxylic acids is 1. The fraction of sp³-hybridized carbons (Fsp3) is 0.867. The van der Waals surface area contributed by atoms with E-state index in [2.05, 4.69) is 5.32 Å². The molecule has 122 valence electrons. The maximum absolute atomic E-state index is 12.3. The lowest BCUT2D eigenvalue weighted by Crippen LogP contribution is -2.54. The Morgan fingerprint density at radius 3 is 2.48 bits per heavy atom. The van der Waals surface area contributed by atoms with Crippen LogP contribution in [-0.4, -0.2) is 54.4 Å². The van der Waals surface area contributed by atoms with Gasteiger partial charge >= 0.3 is 12.0 Å². The number of carbonyl (C=O) groups is 2. The van der Waals surface area contributed by atoms with Gasteiger partial charge in [-0.05, 0) is 32.6 Å². The van der Waals surface area contributed by atoms with Crippen molar-refractivity contribution >= 4 is 12.0 Å². The largest absolute Gasteiger partial charge is 0.481 e. The van der Waals surface area contributed by atoms with Gasteiger partial charge in [0.15, 0.2) is 0 Å². The second kappa shape index (κ2) is 7.11. The predicted octanol–water partition coefficient (Wildman–Crippen LogP) is 2.09. The number of ether oxygens (including phenoxy) is 1. The standard InChI is InChI=1S/C15H28N2O4/c1-5-15(6-2,12(18)19)10-16-13(20)17-9-7-8-14(3,11-17)21-4/h5-11H2,1-4H3,(H,16,20)(H,18,19). The van der Waals surface area contributed by atoms with Gasteiger partial charge in [0.1, 0.15) is 0 Å². The van der Waals surface area contributed by atoms with E-state index in [9.17, 15) is 14.7 Å². The third-order valence-electron chi connectivity index (χ3n) is 4.82. The SMILES string of the molecule is CCC(CC)(CNC(=O)N1CCCC(C)(OC)C1)C(=O)O. The lowest BCUT2D eigenvalue weighted by molar-refractivity contribution is -0.149. The molecule has 0 radical (unpaired) electrons. The molecule has 0 bridgehead atoms. The molecule has 0 aromatic heterocycles. The van der Waals surface area contributed by atoms with Crippen molar-refractivity contribution in [3.05, 3.63) is 0 Å². The number of likely N-dealkylation sites (tertiary alicyclic amines) is 1. The number of carboxylic acid groups (broad SMARTS) is 1. The van der Waals surface area contributed by atoms with E-state index in [1.54, 1.807) is 12.0 Å². The zero-order chi connectivity index (χ0) is 16.1. The molecule has 1 aliphatic heterocycles. The van der Waals surface area contributed by atoms with Crippen LogP contribution in [0.4, 0.5) is 4.79 Å². The van der Waals surface area contributed by atoms with Crippen molar-refractivity contribution in [3.63, 3.8) is 0 Å². The minimum absolute atomic E-state index is 0.161. The van der Waals surface area contributed by atoms with Crippen molar-refractivity contribution in [2.45, 2.75) is 52.1 Å². The molecule has 2 N–H and O–H groups in total. The van der Waals surface area contributed by atoms with Gasteiger partial charge in [0.05, 0.1) is 17.6 Å². The molecule has 0 aliphatic carbocycles. The Labute approximate surface area is 126 Å². The van der Waals surface area contributed by atoms with Crippen molar-refractivity contribution < 1.29 is 19.4 Å². The summed E-state index contributed by atoms with van der Waals surface area (Å²) in [5.41, 5.74) is -1.19. The van der Waals surface area contributed by atoms with E-state index in [0.717, 1.165) is 12.8 Å². The summed E-state index contributed by atoms with van der Waals surface area (Å²) in [7, 11) is 1.66. The second-order valence-corrected chi connectivity index (χ2v) is 6.13. The first-order chi connectivity index (χ1) is 9.82. The third kappa shape index (κ3) is 4.09. The molecule has 1 fully saturated rings. The zero-order valence-corrected chi connectivity index (χ0v) is 13.6. The first-order valence-corrected chi connectivity index (χ1v) is 7.64. The summed E-state index contributed by atoms with van der Waals surface area (Å²) in [4.78, 5) is 25.4. The molecular weight excluding hydrogens is 272 g/mol. The van der Waals surface area contributed by atoms with Crippen LogP contribution in [0, 0.1) is 5.41 Å². The summed E-state index contributed by atoms with van der Waals surface area (Å²) in [6.07, 6.45) is 2.81. The molecule has 1 atom stereocenters. The zero-order valence-electron chi connectivity index (χ0n) is 13.6. The van der Waals surface area contributed by atoms with Gasteiger partial charge < -0.3 is 20.1 Å². The highest BCUT2D eigenvalue weighted by Gasteiger charge is 2.37. The number of hydrogen-bond donors (Lipinski definition) is 2. The highest BCUT2D eigenvalue weighted by Crippen LogP contribution is 2.27. The van der Waals surface area contributed by atoms with Gasteiger partial charge in [-0.15, -0.1) is 0 Å². The maximum Gasteiger partial charge on any atom is 0.317 e. The molecule has 1 rings (SSSR count). The highest BCUT2D eigenvalue weighted by molar-refractivity contribution is 5.78. The van der Waals surface area contributed by atoms with Crippen molar-refractivity contribution in [1.29, 1.82) is 0 Å². The number of nitrogens with zero attached hydrogens (tertiary/aromatic N) is 1. The Kier molecular flexibility index (Phi) is 6.01. The number of urea groups is 1. The number of carboxylic acids is 1. The lowest BCUT2D eigenvalue weighted by Gasteiger charge is -2.39. The predicted molar refractivity (Wildman–Crippen MR) is 80.3 cm³/mol. The molecule has 0 aromatic carbocycles. The lowest BCUT2D eigenvalue weighted by atomic mass is 9.82. The molecule has 6 heteroatoms. The summed E-state index contributed by atoms with van der Waals surface area (Å²) >= 11 is 0. The average molecular weight is 300 g/mol. The van der Waals surface area contributed by atoms with Crippen molar-refractivity contribution in [1.82, 2.24) is 10.2 Å². The van der Waals surface area contributed by atoms with E-state index < -0.39 is 11.4 Å². The summed E-state index contributed by atoms with van der Waals surface area (Å²) in [6, 6.07) is -0.203. The van der Waals surface area contributed by atoms with Gasteiger partial charge in [-0.2, -0.15) is 0 Å². The van der Waals surface area contributed by atoms with Gasteiger partial charge in [-0.25, -0.2) is 4.79 Å². The van der Waals surface area contributed by atoms with Gasteiger partial charge in [-0.3, -0.25) is 4.79 Å². The fourth-order valence-corrected chi connectivity index (χ4v) is 2.78. The van der Waals surface area contributed by atoms with E-state index in [-0.39, 0.29) is 18.2 Å². The van der Waals surface area contributed by atoms with Crippen LogP contribution in [-0.2, 0) is 9.53 Å². The molecule has 1 unspecified atom stereocenters. The molecule has 1 heterocycles. The Balaban J connectivity index is 2.63. The molecule has 0 aromatic rings. The van der Waals surface area contributed by atoms with E-state index >= 15 is 0 Å². The second-order valence-electron chi connectivity index (χ2n) is 6.13. The first-order valence-electron chi connectivity index (χ1n) is 7.64. The van der Waals surface area contributed by atoms with Crippen LogP contribution in [0.2, 0.25) is 0 Å². The number of methoxy groups -OCH3 is 1. The Hall–Kier alpha value is -1.30. The maximum atomic E-state index is 12.3. The van der Waals surface area contributed by atoms with Crippen molar-refractivity contribution in [2.75, 3.05) is 26.7 Å². The number of rotatable bonds is 6. The van der Waals surface area contributed by atoms with Crippen LogP contribution in [0.25, 0.3) is 0 Å². The quantitative estimate of drug-likeness (QED) is 0.787. The van der Waals surface area contributed by atoms with E-state index in [0.29, 0.717) is 25.9 Å². The number of amides is 2. The van der Waals surface area contributed by atoms with Crippen LogP contribution >= 0.6 is 0 Å². The van der Waals surface area contributed by atoms with Gasteiger partial charge in [0.25, 0.3) is 0 Å². The summed E-state index contributed by atoms with van der Waals surface area (Å²) in [5.74, 6) is -0.854. The van der Waals surface area contributed by atoms with Crippen LogP contribution in [0.15, 0.2) is 0 Å². The van der Waals surface area contributed by atoms with Crippen LogP contribution in [0.3, 0.4) is 0 Å². The van der Waals surface area contributed by atoms with Gasteiger partial charge in [0, 0.05) is 20.2 Å². The topological polar surface area (TPSA) is 78.9 Å². The number of piperidine rings is 1. The normalized spacial score (nSPS) is 23.0. The molecule has 0 spiro atoms. The first kappa shape index (κ1) is 17.8. The molecule has 1 aliphatic rings. The summed E-state index contributed by atoms with van der Waals surface area (Å²) in [5, 5.41) is 12.2. The van der Waals surface area contributed by atoms with Crippen molar-refractivity contribution in [3.8, 4) is 0 Å². The molecule has 2 amide bonds. The number of hydrogen-bond acceptors (Lipinski definition) is 3. The number of nitrogens with one attached hydrogen (secondary N) is 1. The molecule has 0 saturated carbocycles. The molecule has 1 saturated heterocycles. The monoisotopic (exact) mass is 300 g/mol. The summed E-state index contributed by atoms with van der Waals surface area (Å²) in [6.45, 7) is 7.05. The average Bonchev–Trinajstić information content (AvgIpc) is 2.48. The van der Waals surface area contributed by atoms with Crippen molar-refractivity contribution in [2.24, 2.45) is 5.41 Å². The molecular formula is C15H28N2O4. The van der Waals surface area contributed by atoms with Gasteiger partial charge in [-0.1, -0.05) is 13.8 Å².